The Bertz CT molecular complexity index is 442. The molecule has 1 aromatic rings. The van der Waals surface area contributed by atoms with Crippen molar-refractivity contribution in [2.75, 3.05) is 46.0 Å². The number of piperazine rings is 1. The van der Waals surface area contributed by atoms with Crippen LogP contribution in [0, 0.1) is 5.41 Å². The second kappa shape index (κ2) is 6.44. The Hall–Kier alpha value is -0.940. The first-order chi connectivity index (χ1) is 10.2. The maximum Gasteiger partial charge on any atom is 0.0579 e. The highest BCUT2D eigenvalue weighted by atomic mass is 16.5. The molecule has 2 saturated heterocycles. The van der Waals surface area contributed by atoms with Gasteiger partial charge in [0.1, 0.15) is 0 Å². The molecule has 1 N–H and O–H groups in total. The van der Waals surface area contributed by atoms with Crippen LogP contribution < -0.4 is 0 Å². The number of ether oxygens (including phenoxy) is 1. The average Bonchev–Trinajstić information content (AvgIpc) is 2.46. The van der Waals surface area contributed by atoms with E-state index in [2.05, 4.69) is 47.1 Å². The van der Waals surface area contributed by atoms with Crippen LogP contribution in [0.25, 0.3) is 0 Å². The molecular weight excluding hydrogens is 264 g/mol. The van der Waals surface area contributed by atoms with Gasteiger partial charge in [0.05, 0.1) is 25.2 Å². The van der Waals surface area contributed by atoms with Crippen molar-refractivity contribution in [1.82, 2.24) is 9.80 Å². The van der Waals surface area contributed by atoms with Gasteiger partial charge in [-0.3, -0.25) is 9.80 Å². The van der Waals surface area contributed by atoms with E-state index >= 15 is 0 Å². The summed E-state index contributed by atoms with van der Waals surface area (Å²) >= 11 is 0. The molecule has 4 heteroatoms. The number of aliphatic hydroxyl groups is 1. The molecule has 0 radical (unpaired) electrons. The fourth-order valence-corrected chi connectivity index (χ4v) is 3.34. The SMILES string of the molecule is C[C@@H]1CN(Cc2ccccc2)CCN1CC1(CO)COC1. The Labute approximate surface area is 127 Å². The zero-order valence-corrected chi connectivity index (χ0v) is 12.9. The van der Waals surface area contributed by atoms with Gasteiger partial charge < -0.3 is 9.84 Å². The molecule has 3 rings (SSSR count). The molecule has 0 aromatic heterocycles. The van der Waals surface area contributed by atoms with Crippen molar-refractivity contribution in [2.45, 2.75) is 19.5 Å². The van der Waals surface area contributed by atoms with Crippen LogP contribution in [0.15, 0.2) is 30.3 Å². The summed E-state index contributed by atoms with van der Waals surface area (Å²) in [4.78, 5) is 5.04. The normalized spacial score (nSPS) is 26.5. The standard InChI is InChI=1S/C17H26N2O2/c1-15-9-18(10-16-5-3-2-4-6-16)7-8-19(15)11-17(12-20)13-21-14-17/h2-6,15,20H,7-14H2,1H3/t15-/m1/s1. The topological polar surface area (TPSA) is 35.9 Å². The molecule has 21 heavy (non-hydrogen) atoms. The molecule has 2 aliphatic heterocycles. The molecule has 2 fully saturated rings. The zero-order chi connectivity index (χ0) is 14.7. The fourth-order valence-electron chi connectivity index (χ4n) is 3.34. The van der Waals surface area contributed by atoms with Crippen LogP contribution >= 0.6 is 0 Å². The van der Waals surface area contributed by atoms with Crippen molar-refractivity contribution >= 4 is 0 Å². The highest BCUT2D eigenvalue weighted by Crippen LogP contribution is 2.29. The van der Waals surface area contributed by atoms with Gasteiger partial charge in [0, 0.05) is 38.8 Å². The van der Waals surface area contributed by atoms with Gasteiger partial charge in [0.2, 0.25) is 0 Å². The highest BCUT2D eigenvalue weighted by Gasteiger charge is 2.41. The lowest BCUT2D eigenvalue weighted by molar-refractivity contribution is -0.154. The van der Waals surface area contributed by atoms with Gasteiger partial charge in [0.15, 0.2) is 0 Å². The van der Waals surface area contributed by atoms with Crippen molar-refractivity contribution < 1.29 is 9.84 Å². The highest BCUT2D eigenvalue weighted by molar-refractivity contribution is 5.14. The average molecular weight is 290 g/mol. The number of aliphatic hydroxyl groups excluding tert-OH is 1. The molecule has 0 bridgehead atoms. The monoisotopic (exact) mass is 290 g/mol. The van der Waals surface area contributed by atoms with Crippen LogP contribution in [0.5, 0.6) is 0 Å². The molecule has 2 aliphatic rings. The van der Waals surface area contributed by atoms with Crippen LogP contribution in [0.1, 0.15) is 12.5 Å². The van der Waals surface area contributed by atoms with E-state index in [1.807, 2.05) is 0 Å². The van der Waals surface area contributed by atoms with E-state index in [9.17, 15) is 5.11 Å². The predicted molar refractivity (Wildman–Crippen MR) is 83.1 cm³/mol. The van der Waals surface area contributed by atoms with E-state index in [0.717, 1.165) is 32.7 Å². The first kappa shape index (κ1) is 15.0. The van der Waals surface area contributed by atoms with E-state index < -0.39 is 0 Å². The molecular formula is C17H26N2O2. The van der Waals surface area contributed by atoms with Crippen LogP contribution in [-0.4, -0.2) is 66.9 Å². The largest absolute Gasteiger partial charge is 0.396 e. The van der Waals surface area contributed by atoms with Crippen molar-refractivity contribution in [3.8, 4) is 0 Å². The summed E-state index contributed by atoms with van der Waals surface area (Å²) in [7, 11) is 0. The Kier molecular flexibility index (Phi) is 4.60. The third kappa shape index (κ3) is 3.46. The maximum absolute atomic E-state index is 9.58. The Morgan fingerprint density at radius 1 is 1.24 bits per heavy atom. The minimum absolute atomic E-state index is 0.00411. The van der Waals surface area contributed by atoms with Crippen molar-refractivity contribution in [3.63, 3.8) is 0 Å². The predicted octanol–water partition coefficient (Wildman–Crippen LogP) is 1.20. The Morgan fingerprint density at radius 2 is 2.00 bits per heavy atom. The van der Waals surface area contributed by atoms with E-state index in [1.165, 1.54) is 5.56 Å². The first-order valence-corrected chi connectivity index (χ1v) is 7.90. The van der Waals surface area contributed by atoms with Crippen LogP contribution in [0.2, 0.25) is 0 Å². The van der Waals surface area contributed by atoms with Gasteiger partial charge in [0.25, 0.3) is 0 Å². The molecule has 0 aliphatic carbocycles. The summed E-state index contributed by atoms with van der Waals surface area (Å²) < 4.78 is 5.31. The number of benzene rings is 1. The summed E-state index contributed by atoms with van der Waals surface area (Å²) in [6.45, 7) is 9.22. The molecule has 116 valence electrons. The van der Waals surface area contributed by atoms with Crippen LogP contribution in [-0.2, 0) is 11.3 Å². The van der Waals surface area contributed by atoms with Crippen LogP contribution in [0.4, 0.5) is 0 Å². The van der Waals surface area contributed by atoms with Gasteiger partial charge in [-0.05, 0) is 12.5 Å². The minimum atomic E-state index is -0.00411. The third-order valence-electron chi connectivity index (χ3n) is 4.79. The molecule has 4 nitrogen and oxygen atoms in total. The summed E-state index contributed by atoms with van der Waals surface area (Å²) in [5.74, 6) is 0. The molecule has 0 unspecified atom stereocenters. The van der Waals surface area contributed by atoms with E-state index in [-0.39, 0.29) is 12.0 Å². The molecule has 1 atom stereocenters. The second-order valence-corrected chi connectivity index (χ2v) is 6.69. The number of rotatable bonds is 5. The summed E-state index contributed by atoms with van der Waals surface area (Å²) in [5.41, 5.74) is 1.38. The number of hydrogen-bond acceptors (Lipinski definition) is 4. The maximum atomic E-state index is 9.58. The van der Waals surface area contributed by atoms with Crippen molar-refractivity contribution in [3.05, 3.63) is 35.9 Å². The Morgan fingerprint density at radius 3 is 2.57 bits per heavy atom. The lowest BCUT2D eigenvalue weighted by atomic mass is 9.85. The molecule has 2 heterocycles. The lowest BCUT2D eigenvalue weighted by Gasteiger charge is -2.47. The van der Waals surface area contributed by atoms with Gasteiger partial charge in [-0.25, -0.2) is 0 Å². The van der Waals surface area contributed by atoms with E-state index in [1.54, 1.807) is 0 Å². The van der Waals surface area contributed by atoms with Crippen molar-refractivity contribution in [2.24, 2.45) is 5.41 Å². The number of hydrogen-bond donors (Lipinski definition) is 1. The second-order valence-electron chi connectivity index (χ2n) is 6.69. The molecule has 0 amide bonds. The van der Waals surface area contributed by atoms with Crippen molar-refractivity contribution in [1.29, 1.82) is 0 Å². The molecule has 0 spiro atoms. The Balaban J connectivity index is 1.52. The summed E-state index contributed by atoms with van der Waals surface area (Å²) in [6.07, 6.45) is 0. The van der Waals surface area contributed by atoms with Gasteiger partial charge >= 0.3 is 0 Å². The third-order valence-corrected chi connectivity index (χ3v) is 4.79. The van der Waals surface area contributed by atoms with E-state index in [0.29, 0.717) is 19.3 Å². The fraction of sp³-hybridized carbons (Fsp3) is 0.647. The molecule has 1 aromatic carbocycles. The summed E-state index contributed by atoms with van der Waals surface area (Å²) in [6, 6.07) is 11.2. The van der Waals surface area contributed by atoms with E-state index in [4.69, 9.17) is 4.74 Å². The molecule has 0 saturated carbocycles. The quantitative estimate of drug-likeness (QED) is 0.884. The summed E-state index contributed by atoms with van der Waals surface area (Å²) in [5, 5.41) is 9.58. The van der Waals surface area contributed by atoms with Crippen LogP contribution in [0.3, 0.4) is 0 Å². The van der Waals surface area contributed by atoms with Gasteiger partial charge in [-0.2, -0.15) is 0 Å². The smallest absolute Gasteiger partial charge is 0.0579 e. The first-order valence-electron chi connectivity index (χ1n) is 7.90. The van der Waals surface area contributed by atoms with Gasteiger partial charge in [-0.1, -0.05) is 30.3 Å². The lowest BCUT2D eigenvalue weighted by Crippen LogP contribution is -2.59. The minimum Gasteiger partial charge on any atom is -0.396 e. The zero-order valence-electron chi connectivity index (χ0n) is 12.9. The van der Waals surface area contributed by atoms with Gasteiger partial charge in [-0.15, -0.1) is 0 Å². The number of nitrogens with zero attached hydrogens (tertiary/aromatic N) is 2.